The quantitative estimate of drug-likeness (QED) is 0.247. The fourth-order valence-electron chi connectivity index (χ4n) is 14.7. The van der Waals surface area contributed by atoms with Crippen LogP contribution < -0.4 is 16.0 Å². The lowest BCUT2D eigenvalue weighted by Gasteiger charge is -2.43. The van der Waals surface area contributed by atoms with Crippen molar-refractivity contribution in [2.75, 3.05) is 102 Å². The summed E-state index contributed by atoms with van der Waals surface area (Å²) in [6.07, 6.45) is 3.94. The Bertz CT molecular complexity index is 3070. The number of fused-ring (bicyclic) bond motifs is 1. The van der Waals surface area contributed by atoms with Gasteiger partial charge in [0.1, 0.15) is 47.8 Å². The van der Waals surface area contributed by atoms with Crippen molar-refractivity contribution in [3.63, 3.8) is 0 Å². The number of aryl methyl sites for hydroxylation is 1. The highest BCUT2D eigenvalue weighted by molar-refractivity contribution is 6.31. The second-order valence-electron chi connectivity index (χ2n) is 28.1. The van der Waals surface area contributed by atoms with Gasteiger partial charge in [-0.05, 0) is 119 Å². The molecule has 1 aromatic carbocycles. The van der Waals surface area contributed by atoms with Gasteiger partial charge in [0.05, 0.1) is 43.2 Å². The number of rotatable bonds is 12. The average Bonchev–Trinajstić information content (AvgIpc) is 1.43. The molecule has 29 heteroatoms. The third-order valence-electron chi connectivity index (χ3n) is 21.3. The van der Waals surface area contributed by atoms with Crippen LogP contribution in [0, 0.1) is 17.8 Å². The maximum absolute atomic E-state index is 15.7. The van der Waals surface area contributed by atoms with E-state index in [1.807, 2.05) is 13.8 Å². The predicted octanol–water partition coefficient (Wildman–Crippen LogP) is 4.24. The van der Waals surface area contributed by atoms with Crippen molar-refractivity contribution in [3.05, 3.63) is 34.3 Å². The lowest BCUT2D eigenvalue weighted by Crippen LogP contribution is -2.65. The van der Waals surface area contributed by atoms with E-state index >= 15 is 24.0 Å². The Morgan fingerprint density at radius 3 is 1.87 bits per heavy atom. The van der Waals surface area contributed by atoms with Crippen LogP contribution >= 0.6 is 11.6 Å². The molecule has 3 heterocycles. The van der Waals surface area contributed by atoms with Crippen LogP contribution in [0.2, 0.25) is 5.02 Å². The molecule has 12 amide bonds. The summed E-state index contributed by atoms with van der Waals surface area (Å²) in [6, 6.07) is -5.74. The zero-order chi connectivity index (χ0) is 72.1. The van der Waals surface area contributed by atoms with Crippen molar-refractivity contribution in [3.8, 4) is 0 Å². The number of halogens is 4. The Labute approximate surface area is 579 Å². The highest BCUT2D eigenvalue weighted by atomic mass is 35.5. The standard InChI is InChI=1S/C69H104ClF3N12O13/c1-11-36-98-42-52-63(93)78(5)39-53(86)74-49(30-28-44-27-29-47(48(70)37-44)69(71,72)73)62(92)85-35-21-26-50(85)60(90)76-68(31-16-17-32-68)67(97)83(10)59(46-22-14-13-15-23-46)66(96)81(8)51(64(94)84-33-18-19-34-84)38-54(87)82(9)58(45-24-20-25-45)61(91)75-57(43(3)12-2)65(95)79(6)40-55(88)77(4)41-56(89)80(52)7/h27,29,37,43,45-46,49-52,57-59H,11-26,28,30-36,38-42H2,1-10H3,(H,74,86)(H,75,91)(H,76,90)/t43-,49-,50-,51-,52-,57-,58-,59-/m0/s1. The number of ether oxygens (including phenoxy) is 1. The maximum atomic E-state index is 15.7. The summed E-state index contributed by atoms with van der Waals surface area (Å²) in [5.74, 6) is -9.18. The van der Waals surface area contributed by atoms with E-state index in [-0.39, 0.29) is 63.3 Å². The Morgan fingerprint density at radius 2 is 1.27 bits per heavy atom. The van der Waals surface area contributed by atoms with Crippen LogP contribution in [0.1, 0.15) is 160 Å². The summed E-state index contributed by atoms with van der Waals surface area (Å²) in [5, 5.41) is 8.12. The van der Waals surface area contributed by atoms with E-state index in [4.69, 9.17) is 16.3 Å². The molecule has 0 unspecified atom stereocenters. The highest BCUT2D eigenvalue weighted by Gasteiger charge is 2.52. The van der Waals surface area contributed by atoms with Crippen LogP contribution in [0.15, 0.2) is 18.2 Å². The molecule has 25 nitrogen and oxygen atoms in total. The number of carbonyl (C=O) groups excluding carboxylic acids is 12. The van der Waals surface area contributed by atoms with Gasteiger partial charge in [0.2, 0.25) is 70.9 Å². The zero-order valence-electron chi connectivity index (χ0n) is 58.9. The topological polar surface area (TPSA) is 279 Å². The Hall–Kier alpha value is -7.10. The van der Waals surface area contributed by atoms with Gasteiger partial charge in [-0.3, -0.25) is 57.5 Å². The molecule has 8 atom stereocenters. The summed E-state index contributed by atoms with van der Waals surface area (Å²) >= 11 is 6.13. The van der Waals surface area contributed by atoms with Gasteiger partial charge in [0.15, 0.2) is 0 Å². The van der Waals surface area contributed by atoms with E-state index in [0.29, 0.717) is 83.7 Å². The molecule has 0 bridgehead atoms. The van der Waals surface area contributed by atoms with Gasteiger partial charge in [-0.1, -0.05) is 83.4 Å². The molecule has 1 aromatic rings. The van der Waals surface area contributed by atoms with Crippen LogP contribution in [-0.4, -0.2) is 265 Å². The molecule has 0 aromatic heterocycles. The molecule has 3 saturated heterocycles. The molecular weight excluding hydrogens is 1300 g/mol. The van der Waals surface area contributed by atoms with Crippen molar-refractivity contribution in [2.24, 2.45) is 17.8 Å². The van der Waals surface area contributed by atoms with Crippen molar-refractivity contribution in [1.82, 2.24) is 60.0 Å². The number of benzene rings is 1. The molecule has 3 N–H and O–H groups in total. The maximum Gasteiger partial charge on any atom is 0.417 e. The highest BCUT2D eigenvalue weighted by Crippen LogP contribution is 2.39. The van der Waals surface area contributed by atoms with E-state index in [9.17, 15) is 46.7 Å². The first kappa shape index (κ1) is 78.2. The smallest absolute Gasteiger partial charge is 0.379 e. The predicted molar refractivity (Wildman–Crippen MR) is 357 cm³/mol. The number of hydrogen-bond acceptors (Lipinski definition) is 13. The lowest BCUT2D eigenvalue weighted by molar-refractivity contribution is -0.157. The molecule has 98 heavy (non-hydrogen) atoms. The van der Waals surface area contributed by atoms with Gasteiger partial charge in [-0.2, -0.15) is 13.2 Å². The first-order chi connectivity index (χ1) is 46.3. The van der Waals surface area contributed by atoms with Crippen molar-refractivity contribution < 1.29 is 75.4 Å². The number of likely N-dealkylation sites (tertiary alicyclic amines) is 1. The molecular formula is C69H104ClF3N12O13. The van der Waals surface area contributed by atoms with Crippen LogP contribution in [-0.2, 0) is 74.9 Å². The fraction of sp³-hybridized carbons (Fsp3) is 0.739. The zero-order valence-corrected chi connectivity index (χ0v) is 59.6. The number of hydrogen-bond donors (Lipinski definition) is 3. The Morgan fingerprint density at radius 1 is 0.643 bits per heavy atom. The van der Waals surface area contributed by atoms with Gasteiger partial charge in [0.25, 0.3) is 0 Å². The van der Waals surface area contributed by atoms with Gasteiger partial charge in [-0.15, -0.1) is 0 Å². The molecule has 3 aliphatic heterocycles. The van der Waals surface area contributed by atoms with Crippen LogP contribution in [0.5, 0.6) is 0 Å². The summed E-state index contributed by atoms with van der Waals surface area (Å²) in [5.41, 5.74) is -2.37. The minimum atomic E-state index is -4.76. The molecule has 6 fully saturated rings. The number of nitrogens with zero attached hydrogens (tertiary/aromatic N) is 9. The second kappa shape index (κ2) is 34.8. The van der Waals surface area contributed by atoms with E-state index in [1.54, 1.807) is 11.8 Å². The molecule has 1 spiro atoms. The summed E-state index contributed by atoms with van der Waals surface area (Å²) in [7, 11) is 9.78. The largest absolute Gasteiger partial charge is 0.417 e. The number of carbonyl (C=O) groups is 12. The minimum Gasteiger partial charge on any atom is -0.379 e. The van der Waals surface area contributed by atoms with Gasteiger partial charge in [-0.25, -0.2) is 0 Å². The fourth-order valence-corrected chi connectivity index (χ4v) is 15.1. The minimum absolute atomic E-state index is 0.0252. The van der Waals surface area contributed by atoms with E-state index in [1.165, 1.54) is 75.0 Å². The molecule has 6 aliphatic rings. The Balaban J connectivity index is 1.28. The average molecular weight is 1400 g/mol. The van der Waals surface area contributed by atoms with Crippen LogP contribution in [0.3, 0.4) is 0 Å². The van der Waals surface area contributed by atoms with E-state index in [0.717, 1.165) is 57.4 Å². The molecule has 3 saturated carbocycles. The van der Waals surface area contributed by atoms with Crippen LogP contribution in [0.25, 0.3) is 0 Å². The monoisotopic (exact) mass is 1400 g/mol. The van der Waals surface area contributed by atoms with Gasteiger partial charge < -0.3 is 64.8 Å². The first-order valence-electron chi connectivity index (χ1n) is 35.1. The molecule has 0 radical (unpaired) electrons. The summed E-state index contributed by atoms with van der Waals surface area (Å²) < 4.78 is 47.3. The third kappa shape index (κ3) is 18.8. The van der Waals surface area contributed by atoms with E-state index < -0.39 is 173 Å². The normalized spacial score (nSPS) is 26.8. The number of likely N-dealkylation sites (N-methyl/N-ethyl adjacent to an activating group) is 7. The van der Waals surface area contributed by atoms with Crippen molar-refractivity contribution in [1.29, 1.82) is 0 Å². The van der Waals surface area contributed by atoms with Crippen LogP contribution in [0.4, 0.5) is 13.2 Å². The number of amides is 12. The number of nitrogens with one attached hydrogen (secondary N) is 3. The molecule has 546 valence electrons. The lowest BCUT2D eigenvalue weighted by atomic mass is 9.78. The summed E-state index contributed by atoms with van der Waals surface area (Å²) in [4.78, 5) is 189. The molecule has 7 rings (SSSR count). The SMILES string of the molecule is CCCOC[C@H]1C(=O)N(C)CC(=O)N[C@@H](CCc2ccc(C(F)(F)F)c(Cl)c2)C(=O)N2CCC[C@H]2C(=O)NC2(CCCC2)C(=O)N(C)[C@@H](C2CCCCC2)C(=O)N(C)[C@H](C(=O)N2CCCC2)CC(=O)N(C)[C@@H](C2CCC2)C(=O)N[C@@H]([C@@H](C)CC)C(=O)N(C)CC(=O)N(C)CC(=O)N1C. The van der Waals surface area contributed by atoms with Crippen molar-refractivity contribution >= 4 is 82.5 Å². The van der Waals surface area contributed by atoms with Crippen molar-refractivity contribution in [2.45, 2.75) is 210 Å². The third-order valence-corrected chi connectivity index (χ3v) is 21.6. The second-order valence-corrected chi connectivity index (χ2v) is 28.6. The Kier molecular flexibility index (Phi) is 27.8. The van der Waals surface area contributed by atoms with Gasteiger partial charge in [0, 0.05) is 75.6 Å². The first-order valence-corrected chi connectivity index (χ1v) is 35.5. The van der Waals surface area contributed by atoms with Gasteiger partial charge >= 0.3 is 6.18 Å². The van der Waals surface area contributed by atoms with E-state index in [2.05, 4.69) is 16.0 Å². The summed E-state index contributed by atoms with van der Waals surface area (Å²) in [6.45, 7) is 4.24. The number of alkyl halides is 3. The molecule has 3 aliphatic carbocycles.